The average molecular weight is 187 g/mol. The maximum Gasteiger partial charge on any atom is 0.397 e. The van der Waals surface area contributed by atoms with Crippen molar-refractivity contribution in [3.05, 3.63) is 0 Å². The zero-order valence-corrected chi connectivity index (χ0v) is 7.13. The lowest BCUT2D eigenvalue weighted by Crippen LogP contribution is -2.23. The van der Waals surface area contributed by atoms with Crippen molar-refractivity contribution in [1.29, 1.82) is 0 Å². The standard InChI is InChI=1S/C6H12F3NS/c1-2-5(10)3-11-4-6(7,8)9/h5H,2-4,10H2,1H3. The summed E-state index contributed by atoms with van der Waals surface area (Å²) in [5.74, 6) is -0.406. The Balaban J connectivity index is 3.28. The molecule has 0 radical (unpaired) electrons. The Hall–Kier alpha value is 0.100. The molecule has 0 bridgehead atoms. The highest BCUT2D eigenvalue weighted by atomic mass is 32.2. The van der Waals surface area contributed by atoms with Gasteiger partial charge in [0.1, 0.15) is 0 Å². The second kappa shape index (κ2) is 4.87. The van der Waals surface area contributed by atoms with Gasteiger partial charge < -0.3 is 5.73 Å². The predicted molar refractivity (Wildman–Crippen MR) is 41.6 cm³/mol. The van der Waals surface area contributed by atoms with Crippen molar-refractivity contribution in [2.75, 3.05) is 11.5 Å². The number of halogens is 3. The third kappa shape index (κ3) is 8.00. The van der Waals surface area contributed by atoms with Crippen LogP contribution in [-0.2, 0) is 0 Å². The van der Waals surface area contributed by atoms with E-state index in [1.54, 1.807) is 0 Å². The van der Waals surface area contributed by atoms with E-state index in [0.717, 1.165) is 18.2 Å². The molecule has 11 heavy (non-hydrogen) atoms. The van der Waals surface area contributed by atoms with Crippen LogP contribution in [0.3, 0.4) is 0 Å². The summed E-state index contributed by atoms with van der Waals surface area (Å²) in [4.78, 5) is 0. The summed E-state index contributed by atoms with van der Waals surface area (Å²) in [5, 5.41) is 0. The van der Waals surface area contributed by atoms with Gasteiger partial charge in [0.25, 0.3) is 0 Å². The van der Waals surface area contributed by atoms with Crippen LogP contribution in [0.1, 0.15) is 13.3 Å². The molecular weight excluding hydrogens is 175 g/mol. The molecule has 0 aliphatic carbocycles. The highest BCUT2D eigenvalue weighted by Crippen LogP contribution is 2.21. The van der Waals surface area contributed by atoms with Gasteiger partial charge in [-0.3, -0.25) is 0 Å². The summed E-state index contributed by atoms with van der Waals surface area (Å²) in [5.41, 5.74) is 5.41. The molecule has 1 nitrogen and oxygen atoms in total. The molecule has 0 fully saturated rings. The maximum absolute atomic E-state index is 11.5. The second-order valence-electron chi connectivity index (χ2n) is 2.30. The van der Waals surface area contributed by atoms with Crippen molar-refractivity contribution in [2.24, 2.45) is 5.73 Å². The zero-order valence-electron chi connectivity index (χ0n) is 6.32. The highest BCUT2D eigenvalue weighted by molar-refractivity contribution is 7.99. The van der Waals surface area contributed by atoms with E-state index < -0.39 is 11.9 Å². The molecule has 0 heterocycles. The maximum atomic E-state index is 11.5. The molecule has 5 heteroatoms. The number of hydrogen-bond donors (Lipinski definition) is 1. The van der Waals surface area contributed by atoms with Gasteiger partial charge in [-0.2, -0.15) is 24.9 Å². The molecule has 2 N–H and O–H groups in total. The van der Waals surface area contributed by atoms with Gasteiger partial charge in [0.15, 0.2) is 0 Å². The SMILES string of the molecule is CCC(N)CSCC(F)(F)F. The summed E-state index contributed by atoms with van der Waals surface area (Å²) in [6.07, 6.45) is -3.33. The van der Waals surface area contributed by atoms with E-state index in [-0.39, 0.29) is 6.04 Å². The molecule has 0 amide bonds. The van der Waals surface area contributed by atoms with Gasteiger partial charge in [0.2, 0.25) is 0 Å². The van der Waals surface area contributed by atoms with Crippen LogP contribution in [0.2, 0.25) is 0 Å². The van der Waals surface area contributed by atoms with Crippen LogP contribution in [0.25, 0.3) is 0 Å². The lowest BCUT2D eigenvalue weighted by atomic mass is 10.3. The molecule has 0 saturated carbocycles. The fourth-order valence-electron chi connectivity index (χ4n) is 0.444. The Bertz CT molecular complexity index is 104. The Labute approximate surface area is 68.5 Å². The number of thioether (sulfide) groups is 1. The van der Waals surface area contributed by atoms with Crippen molar-refractivity contribution in [3.63, 3.8) is 0 Å². The third-order valence-corrected chi connectivity index (χ3v) is 2.32. The quantitative estimate of drug-likeness (QED) is 0.728. The monoisotopic (exact) mass is 187 g/mol. The molecule has 0 saturated heterocycles. The number of alkyl halides is 3. The Morgan fingerprint density at radius 3 is 2.36 bits per heavy atom. The van der Waals surface area contributed by atoms with Crippen LogP contribution >= 0.6 is 11.8 Å². The molecule has 0 spiro atoms. The first-order valence-corrected chi connectivity index (χ1v) is 4.51. The fraction of sp³-hybridized carbons (Fsp3) is 1.00. The molecule has 0 aromatic heterocycles. The Morgan fingerprint density at radius 2 is 2.00 bits per heavy atom. The van der Waals surface area contributed by atoms with E-state index in [1.807, 2.05) is 6.92 Å². The normalized spacial score (nSPS) is 15.0. The van der Waals surface area contributed by atoms with Crippen LogP contribution in [0.4, 0.5) is 13.2 Å². The first-order chi connectivity index (χ1) is 4.95. The van der Waals surface area contributed by atoms with Gasteiger partial charge in [-0.05, 0) is 6.42 Å². The van der Waals surface area contributed by atoms with Crippen molar-refractivity contribution in [1.82, 2.24) is 0 Å². The topological polar surface area (TPSA) is 26.0 Å². The molecule has 0 aromatic carbocycles. The lowest BCUT2D eigenvalue weighted by molar-refractivity contribution is -0.105. The minimum absolute atomic E-state index is 0.109. The fourth-order valence-corrected chi connectivity index (χ4v) is 1.33. The predicted octanol–water partition coefficient (Wildman–Crippen LogP) is 2.02. The van der Waals surface area contributed by atoms with E-state index >= 15 is 0 Å². The molecule has 0 aliphatic rings. The largest absolute Gasteiger partial charge is 0.397 e. The number of hydrogen-bond acceptors (Lipinski definition) is 2. The lowest BCUT2D eigenvalue weighted by Gasteiger charge is -2.09. The van der Waals surface area contributed by atoms with Gasteiger partial charge in [-0.15, -0.1) is 0 Å². The van der Waals surface area contributed by atoms with E-state index in [1.165, 1.54) is 0 Å². The zero-order chi connectivity index (χ0) is 8.91. The Morgan fingerprint density at radius 1 is 1.45 bits per heavy atom. The van der Waals surface area contributed by atoms with Crippen molar-refractivity contribution < 1.29 is 13.2 Å². The van der Waals surface area contributed by atoms with Crippen LogP contribution < -0.4 is 5.73 Å². The van der Waals surface area contributed by atoms with Crippen molar-refractivity contribution >= 4 is 11.8 Å². The highest BCUT2D eigenvalue weighted by Gasteiger charge is 2.26. The molecule has 0 aliphatic heterocycles. The first-order valence-electron chi connectivity index (χ1n) is 3.35. The molecule has 1 unspecified atom stereocenters. The summed E-state index contributed by atoms with van der Waals surface area (Å²) in [7, 11) is 0. The summed E-state index contributed by atoms with van der Waals surface area (Å²) < 4.78 is 34.6. The van der Waals surface area contributed by atoms with E-state index in [9.17, 15) is 13.2 Å². The van der Waals surface area contributed by atoms with Gasteiger partial charge >= 0.3 is 6.18 Å². The summed E-state index contributed by atoms with van der Waals surface area (Å²) >= 11 is 0.843. The minimum Gasteiger partial charge on any atom is -0.327 e. The van der Waals surface area contributed by atoms with Gasteiger partial charge in [-0.1, -0.05) is 6.92 Å². The van der Waals surface area contributed by atoms with Crippen LogP contribution in [0.15, 0.2) is 0 Å². The molecular formula is C6H12F3NS. The smallest absolute Gasteiger partial charge is 0.327 e. The van der Waals surface area contributed by atoms with Gasteiger partial charge in [0, 0.05) is 11.8 Å². The van der Waals surface area contributed by atoms with Crippen LogP contribution in [-0.4, -0.2) is 23.7 Å². The summed E-state index contributed by atoms with van der Waals surface area (Å²) in [6, 6.07) is -0.109. The van der Waals surface area contributed by atoms with Gasteiger partial charge in [0.05, 0.1) is 5.75 Å². The van der Waals surface area contributed by atoms with E-state index in [2.05, 4.69) is 0 Å². The number of nitrogens with two attached hydrogens (primary N) is 1. The van der Waals surface area contributed by atoms with Crippen molar-refractivity contribution in [3.8, 4) is 0 Å². The second-order valence-corrected chi connectivity index (χ2v) is 3.33. The van der Waals surface area contributed by atoms with E-state index in [0.29, 0.717) is 5.75 Å². The van der Waals surface area contributed by atoms with Crippen molar-refractivity contribution in [2.45, 2.75) is 25.6 Å². The molecule has 1 atom stereocenters. The Kier molecular flexibility index (Phi) is 4.92. The molecule has 0 aromatic rings. The van der Waals surface area contributed by atoms with E-state index in [4.69, 9.17) is 5.73 Å². The van der Waals surface area contributed by atoms with Gasteiger partial charge in [-0.25, -0.2) is 0 Å². The summed E-state index contributed by atoms with van der Waals surface area (Å²) in [6.45, 7) is 1.86. The first kappa shape index (κ1) is 11.1. The minimum atomic E-state index is -4.06. The molecule has 0 rings (SSSR count). The molecule has 68 valence electrons. The van der Waals surface area contributed by atoms with Crippen LogP contribution in [0, 0.1) is 0 Å². The average Bonchev–Trinajstić information content (AvgIpc) is 1.85. The third-order valence-electron chi connectivity index (χ3n) is 1.12. The number of rotatable bonds is 4. The van der Waals surface area contributed by atoms with Crippen LogP contribution in [0.5, 0.6) is 0 Å².